The SMILES string of the molecule is CC(C)(C)OC(=O)CN1CCC(NC2CC(=O)NC3CCC(C(c4ccc(Cl)cc4)c4ccc(Cl)cc4)CC32)CC1. The number of carbonyl (C=O) groups excluding carboxylic acids is 2. The van der Waals surface area contributed by atoms with E-state index in [9.17, 15) is 9.59 Å². The molecule has 2 aromatic carbocycles. The number of rotatable bonds is 7. The number of amides is 1. The van der Waals surface area contributed by atoms with Crippen LogP contribution in [0.5, 0.6) is 0 Å². The molecule has 5 rings (SSSR count). The lowest BCUT2D eigenvalue weighted by atomic mass is 9.65. The largest absolute Gasteiger partial charge is 0.459 e. The third-order valence-corrected chi connectivity index (χ3v) is 9.45. The number of nitrogens with one attached hydrogen (secondary N) is 2. The van der Waals surface area contributed by atoms with Crippen LogP contribution in [0.3, 0.4) is 0 Å². The van der Waals surface area contributed by atoms with E-state index in [2.05, 4.69) is 39.8 Å². The Hall–Kier alpha value is -2.12. The van der Waals surface area contributed by atoms with E-state index in [1.165, 1.54) is 11.1 Å². The maximum absolute atomic E-state index is 12.7. The topological polar surface area (TPSA) is 70.7 Å². The highest BCUT2D eigenvalue weighted by atomic mass is 35.5. The van der Waals surface area contributed by atoms with Crippen LogP contribution < -0.4 is 10.6 Å². The lowest BCUT2D eigenvalue weighted by molar-refractivity contribution is -0.156. The van der Waals surface area contributed by atoms with Crippen LogP contribution >= 0.6 is 23.2 Å². The number of halogens is 2. The summed E-state index contributed by atoms with van der Waals surface area (Å²) in [7, 11) is 0. The van der Waals surface area contributed by atoms with Crippen LogP contribution in [0.25, 0.3) is 0 Å². The van der Waals surface area contributed by atoms with E-state index in [0.717, 1.165) is 55.2 Å². The van der Waals surface area contributed by atoms with Gasteiger partial charge in [-0.2, -0.15) is 0 Å². The van der Waals surface area contributed by atoms with Crippen molar-refractivity contribution in [1.29, 1.82) is 0 Å². The van der Waals surface area contributed by atoms with Crippen molar-refractivity contribution in [2.24, 2.45) is 11.8 Å². The van der Waals surface area contributed by atoms with E-state index < -0.39 is 5.60 Å². The van der Waals surface area contributed by atoms with E-state index in [-0.39, 0.29) is 29.9 Å². The molecule has 2 aromatic rings. The number of esters is 1. The van der Waals surface area contributed by atoms with Gasteiger partial charge in [0.25, 0.3) is 0 Å². The van der Waals surface area contributed by atoms with Crippen LogP contribution in [0.15, 0.2) is 48.5 Å². The van der Waals surface area contributed by atoms with Gasteiger partial charge in [-0.15, -0.1) is 0 Å². The van der Waals surface area contributed by atoms with Crippen molar-refractivity contribution in [2.45, 2.75) is 88.9 Å². The molecule has 4 atom stereocenters. The van der Waals surface area contributed by atoms with Crippen molar-refractivity contribution < 1.29 is 14.3 Å². The maximum atomic E-state index is 12.7. The van der Waals surface area contributed by atoms with Gasteiger partial charge in [0.15, 0.2) is 0 Å². The van der Waals surface area contributed by atoms with Crippen LogP contribution in [0, 0.1) is 11.8 Å². The van der Waals surface area contributed by atoms with Gasteiger partial charge in [-0.1, -0.05) is 47.5 Å². The molecule has 1 amide bonds. The predicted molar refractivity (Wildman–Crippen MR) is 164 cm³/mol. The molecular formula is C33H43Cl2N3O3. The number of fused-ring (bicyclic) bond motifs is 1. The summed E-state index contributed by atoms with van der Waals surface area (Å²) in [6.07, 6.45) is 5.49. The first-order chi connectivity index (χ1) is 19.5. The van der Waals surface area contributed by atoms with Crippen LogP contribution in [0.1, 0.15) is 76.3 Å². The van der Waals surface area contributed by atoms with Crippen molar-refractivity contribution in [3.05, 3.63) is 69.7 Å². The zero-order valence-electron chi connectivity index (χ0n) is 24.4. The van der Waals surface area contributed by atoms with Gasteiger partial charge in [0.2, 0.25) is 5.91 Å². The van der Waals surface area contributed by atoms with Crippen LogP contribution in [0.2, 0.25) is 10.0 Å². The molecule has 222 valence electrons. The fourth-order valence-corrected chi connectivity index (χ4v) is 7.41. The molecule has 1 aliphatic carbocycles. The molecule has 4 unspecified atom stereocenters. The third-order valence-electron chi connectivity index (χ3n) is 8.95. The molecule has 3 fully saturated rings. The first kappa shape index (κ1) is 30.3. The van der Waals surface area contributed by atoms with Crippen molar-refractivity contribution in [3.8, 4) is 0 Å². The molecule has 2 N–H and O–H groups in total. The summed E-state index contributed by atoms with van der Waals surface area (Å²) >= 11 is 12.5. The fourth-order valence-electron chi connectivity index (χ4n) is 7.16. The summed E-state index contributed by atoms with van der Waals surface area (Å²) in [6.45, 7) is 7.73. The number of hydrogen-bond donors (Lipinski definition) is 2. The Bertz CT molecular complexity index is 1140. The van der Waals surface area contributed by atoms with Gasteiger partial charge in [-0.25, -0.2) is 0 Å². The van der Waals surface area contributed by atoms with Crippen molar-refractivity contribution in [3.63, 3.8) is 0 Å². The van der Waals surface area contributed by atoms with Crippen molar-refractivity contribution in [1.82, 2.24) is 15.5 Å². The highest BCUT2D eigenvalue weighted by molar-refractivity contribution is 6.30. The lowest BCUT2D eigenvalue weighted by Gasteiger charge is -2.47. The van der Waals surface area contributed by atoms with Crippen LogP contribution in [-0.4, -0.2) is 60.1 Å². The smallest absolute Gasteiger partial charge is 0.320 e. The third kappa shape index (κ3) is 8.04. The molecule has 2 aliphatic heterocycles. The van der Waals surface area contributed by atoms with E-state index in [0.29, 0.717) is 30.8 Å². The molecule has 41 heavy (non-hydrogen) atoms. The summed E-state index contributed by atoms with van der Waals surface area (Å²) in [5, 5.41) is 8.71. The van der Waals surface area contributed by atoms with E-state index in [1.807, 2.05) is 45.0 Å². The quantitative estimate of drug-likeness (QED) is 0.371. The Morgan fingerprint density at radius 3 is 2.12 bits per heavy atom. The normalized spacial score (nSPS) is 26.0. The highest BCUT2D eigenvalue weighted by Gasteiger charge is 2.43. The van der Waals surface area contributed by atoms with Gasteiger partial charge < -0.3 is 15.4 Å². The van der Waals surface area contributed by atoms with Gasteiger partial charge >= 0.3 is 5.97 Å². The average molecular weight is 601 g/mol. The highest BCUT2D eigenvalue weighted by Crippen LogP contribution is 2.45. The summed E-state index contributed by atoms with van der Waals surface area (Å²) in [5.74, 6) is 1.03. The molecule has 0 radical (unpaired) electrons. The van der Waals surface area contributed by atoms with Gasteiger partial charge in [0.05, 0.1) is 6.54 Å². The zero-order chi connectivity index (χ0) is 29.1. The summed E-state index contributed by atoms with van der Waals surface area (Å²) in [5.41, 5.74) is 2.07. The molecule has 8 heteroatoms. The van der Waals surface area contributed by atoms with E-state index in [1.54, 1.807) is 0 Å². The molecule has 0 aromatic heterocycles. The second-order valence-corrected chi connectivity index (χ2v) is 14.0. The Labute approximate surface area is 254 Å². The first-order valence-corrected chi connectivity index (χ1v) is 15.8. The molecular weight excluding hydrogens is 557 g/mol. The fraction of sp³-hybridized carbons (Fsp3) is 0.576. The van der Waals surface area contributed by atoms with E-state index in [4.69, 9.17) is 27.9 Å². The first-order valence-electron chi connectivity index (χ1n) is 15.0. The predicted octanol–water partition coefficient (Wildman–Crippen LogP) is 6.19. The minimum absolute atomic E-state index is 0.148. The lowest BCUT2D eigenvalue weighted by Crippen LogP contribution is -2.60. The van der Waals surface area contributed by atoms with Crippen molar-refractivity contribution >= 4 is 35.1 Å². The zero-order valence-corrected chi connectivity index (χ0v) is 25.9. The number of likely N-dealkylation sites (tertiary alicyclic amines) is 1. The Kier molecular flexibility index (Phi) is 9.64. The average Bonchev–Trinajstić information content (AvgIpc) is 2.91. The van der Waals surface area contributed by atoms with Gasteiger partial charge in [0, 0.05) is 53.6 Å². The van der Waals surface area contributed by atoms with Crippen LogP contribution in [0.4, 0.5) is 0 Å². The summed E-state index contributed by atoms with van der Waals surface area (Å²) in [4.78, 5) is 27.2. The minimum atomic E-state index is -0.465. The number of hydrogen-bond acceptors (Lipinski definition) is 5. The molecule has 0 spiro atoms. The standard InChI is InChI=1S/C33H43Cl2N3O3/c1-33(2,3)41-31(40)20-38-16-14-26(15-17-38)36-29-19-30(39)37-28-13-8-23(18-27(28)29)32(21-4-9-24(34)10-5-21)22-6-11-25(35)12-7-22/h4-7,9-12,23,26-29,32,36H,8,13-20H2,1-3H3,(H,37,39). The number of carbonyl (C=O) groups is 2. The van der Waals surface area contributed by atoms with Gasteiger partial charge in [-0.05, 0) is 100 Å². The molecule has 1 saturated carbocycles. The Balaban J connectivity index is 1.26. The molecule has 0 bridgehead atoms. The monoisotopic (exact) mass is 599 g/mol. The molecule has 6 nitrogen and oxygen atoms in total. The summed E-state index contributed by atoms with van der Waals surface area (Å²) in [6, 6.07) is 17.2. The number of nitrogens with zero attached hydrogens (tertiary/aromatic N) is 1. The second-order valence-electron chi connectivity index (χ2n) is 13.1. The Morgan fingerprint density at radius 2 is 1.56 bits per heavy atom. The van der Waals surface area contributed by atoms with Crippen molar-refractivity contribution in [2.75, 3.05) is 19.6 Å². The molecule has 2 saturated heterocycles. The number of piperidine rings is 2. The number of ether oxygens (including phenoxy) is 1. The Morgan fingerprint density at radius 1 is 0.976 bits per heavy atom. The molecule has 2 heterocycles. The summed E-state index contributed by atoms with van der Waals surface area (Å²) < 4.78 is 5.51. The minimum Gasteiger partial charge on any atom is -0.459 e. The molecule has 3 aliphatic rings. The van der Waals surface area contributed by atoms with Gasteiger partial charge in [-0.3, -0.25) is 14.5 Å². The van der Waals surface area contributed by atoms with Gasteiger partial charge in [0.1, 0.15) is 5.60 Å². The number of benzene rings is 2. The second kappa shape index (κ2) is 13.0. The van der Waals surface area contributed by atoms with Crippen LogP contribution in [-0.2, 0) is 14.3 Å². The maximum Gasteiger partial charge on any atom is 0.320 e. The van der Waals surface area contributed by atoms with E-state index >= 15 is 0 Å².